The number of fused-ring (bicyclic) bond motifs is 3. The number of ether oxygens (including phenoxy) is 1. The molecule has 1 saturated carbocycles. The van der Waals surface area contributed by atoms with Gasteiger partial charge in [0.05, 0.1) is 10.3 Å². The van der Waals surface area contributed by atoms with Gasteiger partial charge >= 0.3 is 0 Å². The summed E-state index contributed by atoms with van der Waals surface area (Å²) in [6.07, 6.45) is 8.90. The SMILES string of the molecule is Cc1c2c(c(C)c3ccccc13)-c1c3c(c(CC4CCCC4)sc3cc[n+]1C)O2. The van der Waals surface area contributed by atoms with E-state index in [9.17, 15) is 0 Å². The van der Waals surface area contributed by atoms with Crippen LogP contribution in [0.25, 0.3) is 32.1 Å². The van der Waals surface area contributed by atoms with Gasteiger partial charge in [0.25, 0.3) is 0 Å². The third-order valence-electron chi connectivity index (χ3n) is 7.07. The first-order valence-corrected chi connectivity index (χ1v) is 11.6. The molecule has 1 aliphatic heterocycles. The second-order valence-electron chi connectivity index (χ2n) is 8.83. The number of rotatable bonds is 2. The fourth-order valence-electron chi connectivity index (χ4n) is 5.54. The van der Waals surface area contributed by atoms with E-state index in [0.717, 1.165) is 17.4 Å². The summed E-state index contributed by atoms with van der Waals surface area (Å²) in [6.45, 7) is 4.47. The summed E-state index contributed by atoms with van der Waals surface area (Å²) in [5.74, 6) is 3.01. The Labute approximate surface area is 175 Å². The summed E-state index contributed by atoms with van der Waals surface area (Å²) < 4.78 is 10.5. The minimum Gasteiger partial charge on any atom is -0.454 e. The molecule has 1 fully saturated rings. The lowest BCUT2D eigenvalue weighted by molar-refractivity contribution is -0.659. The molecule has 3 heteroatoms. The van der Waals surface area contributed by atoms with Crippen LogP contribution < -0.4 is 9.30 Å². The molecule has 4 aromatic rings. The van der Waals surface area contributed by atoms with Crippen molar-refractivity contribution in [2.24, 2.45) is 13.0 Å². The number of benzene rings is 2. The molecule has 29 heavy (non-hydrogen) atoms. The van der Waals surface area contributed by atoms with E-state index in [1.165, 1.54) is 80.2 Å². The van der Waals surface area contributed by atoms with Crippen molar-refractivity contribution in [2.75, 3.05) is 0 Å². The Morgan fingerprint density at radius 3 is 2.48 bits per heavy atom. The summed E-state index contributed by atoms with van der Waals surface area (Å²) in [4.78, 5) is 1.44. The first kappa shape index (κ1) is 17.5. The van der Waals surface area contributed by atoms with E-state index >= 15 is 0 Å². The average molecular weight is 401 g/mol. The fourth-order valence-corrected chi connectivity index (χ4v) is 6.78. The zero-order valence-electron chi connectivity index (χ0n) is 17.3. The van der Waals surface area contributed by atoms with Crippen LogP contribution in [0.15, 0.2) is 36.5 Å². The van der Waals surface area contributed by atoms with Crippen LogP contribution in [-0.4, -0.2) is 0 Å². The Morgan fingerprint density at radius 1 is 1.00 bits per heavy atom. The smallest absolute Gasteiger partial charge is 0.228 e. The van der Waals surface area contributed by atoms with E-state index in [1.54, 1.807) is 0 Å². The fraction of sp³-hybridized carbons (Fsp3) is 0.346. The zero-order chi connectivity index (χ0) is 19.7. The van der Waals surface area contributed by atoms with E-state index < -0.39 is 0 Å². The highest BCUT2D eigenvalue weighted by atomic mass is 32.1. The molecule has 2 aromatic carbocycles. The van der Waals surface area contributed by atoms with Gasteiger partial charge in [-0.05, 0) is 42.5 Å². The lowest BCUT2D eigenvalue weighted by atomic mass is 9.90. The van der Waals surface area contributed by atoms with E-state index in [1.807, 2.05) is 11.3 Å². The Bertz CT molecular complexity index is 1290. The number of thiophene rings is 1. The van der Waals surface area contributed by atoms with Crippen molar-refractivity contribution in [2.45, 2.75) is 46.0 Å². The molecule has 0 N–H and O–H groups in total. The Morgan fingerprint density at radius 2 is 1.72 bits per heavy atom. The first-order chi connectivity index (χ1) is 14.1. The van der Waals surface area contributed by atoms with Crippen LogP contribution in [-0.2, 0) is 13.5 Å². The minimum atomic E-state index is 0.820. The van der Waals surface area contributed by atoms with Crippen molar-refractivity contribution in [1.29, 1.82) is 0 Å². The second-order valence-corrected chi connectivity index (χ2v) is 9.96. The van der Waals surface area contributed by atoms with Crippen molar-refractivity contribution < 1.29 is 9.30 Å². The summed E-state index contributed by atoms with van der Waals surface area (Å²) in [5, 5.41) is 3.95. The molecule has 0 atom stereocenters. The summed E-state index contributed by atoms with van der Waals surface area (Å²) in [5.41, 5.74) is 5.16. The molecule has 2 aromatic heterocycles. The van der Waals surface area contributed by atoms with Crippen LogP contribution in [0, 0.1) is 19.8 Å². The monoisotopic (exact) mass is 400 g/mol. The van der Waals surface area contributed by atoms with Crippen LogP contribution in [0.4, 0.5) is 0 Å². The van der Waals surface area contributed by atoms with Gasteiger partial charge in [-0.15, -0.1) is 11.3 Å². The molecule has 146 valence electrons. The van der Waals surface area contributed by atoms with Gasteiger partial charge < -0.3 is 4.74 Å². The Hall–Kier alpha value is -2.39. The van der Waals surface area contributed by atoms with Crippen molar-refractivity contribution in [3.63, 3.8) is 0 Å². The van der Waals surface area contributed by atoms with Crippen LogP contribution in [0.1, 0.15) is 41.7 Å². The molecular formula is C26H26NOS+. The minimum absolute atomic E-state index is 0.820. The lowest BCUT2D eigenvalue weighted by Crippen LogP contribution is -2.31. The van der Waals surface area contributed by atoms with E-state index in [-0.39, 0.29) is 0 Å². The molecule has 0 radical (unpaired) electrons. The number of aryl methyl sites for hydroxylation is 3. The number of hydrogen-bond acceptors (Lipinski definition) is 2. The van der Waals surface area contributed by atoms with Crippen LogP contribution in [0.2, 0.25) is 0 Å². The lowest BCUT2D eigenvalue weighted by Gasteiger charge is -2.23. The zero-order valence-corrected chi connectivity index (χ0v) is 18.2. The van der Waals surface area contributed by atoms with E-state index in [2.05, 4.69) is 62.0 Å². The molecule has 2 nitrogen and oxygen atoms in total. The van der Waals surface area contributed by atoms with Crippen molar-refractivity contribution in [3.05, 3.63) is 52.5 Å². The predicted molar refractivity (Wildman–Crippen MR) is 121 cm³/mol. The molecule has 1 aliphatic carbocycles. The summed E-state index contributed by atoms with van der Waals surface area (Å²) >= 11 is 1.95. The first-order valence-electron chi connectivity index (χ1n) is 10.8. The van der Waals surface area contributed by atoms with Crippen LogP contribution in [0.3, 0.4) is 0 Å². The molecule has 0 spiro atoms. The van der Waals surface area contributed by atoms with Gasteiger partial charge in [0, 0.05) is 16.5 Å². The number of nitrogens with zero attached hydrogens (tertiary/aromatic N) is 1. The summed E-state index contributed by atoms with van der Waals surface area (Å²) in [7, 11) is 2.17. The van der Waals surface area contributed by atoms with E-state index in [4.69, 9.17) is 4.74 Å². The topological polar surface area (TPSA) is 13.1 Å². The molecule has 2 aliphatic rings. The van der Waals surface area contributed by atoms with Crippen LogP contribution in [0.5, 0.6) is 11.5 Å². The van der Waals surface area contributed by atoms with Gasteiger partial charge in [-0.3, -0.25) is 0 Å². The van der Waals surface area contributed by atoms with Gasteiger partial charge in [-0.1, -0.05) is 49.9 Å². The average Bonchev–Trinajstić information content (AvgIpc) is 3.37. The highest BCUT2D eigenvalue weighted by molar-refractivity contribution is 7.19. The third-order valence-corrected chi connectivity index (χ3v) is 8.22. The molecule has 0 amide bonds. The molecule has 6 rings (SSSR count). The largest absolute Gasteiger partial charge is 0.454 e. The molecule has 3 heterocycles. The predicted octanol–water partition coefficient (Wildman–Crippen LogP) is 7.00. The number of aromatic nitrogens is 1. The highest BCUT2D eigenvalue weighted by Crippen LogP contribution is 2.54. The van der Waals surface area contributed by atoms with E-state index in [0.29, 0.717) is 0 Å². The Kier molecular flexibility index (Phi) is 3.80. The third kappa shape index (κ3) is 2.43. The van der Waals surface area contributed by atoms with Gasteiger partial charge in [0.15, 0.2) is 11.9 Å². The quantitative estimate of drug-likeness (QED) is 0.291. The molecule has 0 saturated heterocycles. The number of pyridine rings is 1. The van der Waals surface area contributed by atoms with Crippen molar-refractivity contribution >= 4 is 32.2 Å². The van der Waals surface area contributed by atoms with Gasteiger partial charge in [0.2, 0.25) is 5.69 Å². The van der Waals surface area contributed by atoms with Crippen molar-refractivity contribution in [1.82, 2.24) is 0 Å². The number of hydrogen-bond donors (Lipinski definition) is 0. The van der Waals surface area contributed by atoms with Crippen LogP contribution >= 0.6 is 11.3 Å². The maximum absolute atomic E-state index is 6.80. The van der Waals surface area contributed by atoms with Gasteiger partial charge in [-0.25, -0.2) is 4.57 Å². The maximum Gasteiger partial charge on any atom is 0.228 e. The maximum atomic E-state index is 6.80. The van der Waals surface area contributed by atoms with Crippen molar-refractivity contribution in [3.8, 4) is 22.8 Å². The van der Waals surface area contributed by atoms with Gasteiger partial charge in [0.1, 0.15) is 18.2 Å². The normalized spacial score (nSPS) is 15.8. The molecular weight excluding hydrogens is 374 g/mol. The molecule has 0 bridgehead atoms. The summed E-state index contributed by atoms with van der Waals surface area (Å²) in [6, 6.07) is 11.0. The standard InChI is InChI=1S/C26H26NOS/c1-15-18-10-6-7-11-19(18)16(2)25-22(15)24-23-20(12-13-27(24)3)29-21(26(23)28-25)14-17-8-4-5-9-17/h6-7,10-13,17H,4-5,8-9,14H2,1-3H3/q+1. The van der Waals surface area contributed by atoms with Gasteiger partial charge in [-0.2, -0.15) is 0 Å². The highest BCUT2D eigenvalue weighted by Gasteiger charge is 2.35. The second kappa shape index (κ2) is 6.30. The Balaban J connectivity index is 1.67. The molecule has 0 unspecified atom stereocenters.